The number of anilines is 1. The van der Waals surface area contributed by atoms with Crippen molar-refractivity contribution >= 4 is 57.9 Å². The Bertz CT molecular complexity index is 1670. The second kappa shape index (κ2) is 9.99. The number of nitrogens with zero attached hydrogens (tertiary/aromatic N) is 2. The molecule has 2 amide bonds. The van der Waals surface area contributed by atoms with Crippen molar-refractivity contribution in [1.29, 1.82) is 0 Å². The quantitative estimate of drug-likeness (QED) is 0.185. The van der Waals surface area contributed by atoms with E-state index in [1.807, 2.05) is 0 Å². The molecule has 39 heavy (non-hydrogen) atoms. The second-order valence-electron chi connectivity index (χ2n) is 8.99. The fourth-order valence-electron chi connectivity index (χ4n) is 4.95. The molecule has 9 nitrogen and oxygen atoms in total. The van der Waals surface area contributed by atoms with Crippen molar-refractivity contribution < 1.29 is 19.2 Å². The van der Waals surface area contributed by atoms with E-state index in [-0.39, 0.29) is 17.2 Å². The molecule has 3 aromatic carbocycles. The number of aromatic amines is 1. The summed E-state index contributed by atoms with van der Waals surface area (Å²) in [4.78, 5) is 55.3. The number of aromatic nitrogens is 1. The lowest BCUT2D eigenvalue weighted by atomic mass is 9.82. The Balaban J connectivity index is 1.48. The molecule has 12 heteroatoms. The minimum Gasteiger partial charge on any atom is -0.489 e. The van der Waals surface area contributed by atoms with Gasteiger partial charge in [-0.15, -0.1) is 0 Å². The largest absolute Gasteiger partial charge is 0.489 e. The molecule has 1 aromatic heterocycles. The van der Waals surface area contributed by atoms with Crippen LogP contribution in [0.4, 0.5) is 11.4 Å². The molecule has 0 saturated carbocycles. The lowest BCUT2D eigenvalue weighted by Crippen LogP contribution is -2.32. The predicted octanol–water partition coefficient (Wildman–Crippen LogP) is 5.37. The van der Waals surface area contributed by atoms with Crippen LogP contribution < -0.4 is 14.5 Å². The van der Waals surface area contributed by atoms with E-state index in [0.29, 0.717) is 31.9 Å². The molecule has 4 aromatic rings. The number of para-hydroxylation sites is 1. The Kier molecular flexibility index (Phi) is 6.49. The van der Waals surface area contributed by atoms with Gasteiger partial charge in [-0.05, 0) is 35.9 Å². The predicted molar refractivity (Wildman–Crippen MR) is 148 cm³/mol. The number of benzene rings is 3. The zero-order valence-electron chi connectivity index (χ0n) is 19.9. The summed E-state index contributed by atoms with van der Waals surface area (Å²) >= 11 is 8.06. The van der Waals surface area contributed by atoms with Gasteiger partial charge in [-0.1, -0.05) is 65.0 Å². The molecule has 1 fully saturated rings. The van der Waals surface area contributed by atoms with Crippen LogP contribution in [0.25, 0.3) is 0 Å². The molecule has 0 unspecified atom stereocenters. The minimum absolute atomic E-state index is 0.136. The summed E-state index contributed by atoms with van der Waals surface area (Å²) in [5.41, 5.74) is 1.42. The Morgan fingerprint density at radius 2 is 1.74 bits per heavy atom. The van der Waals surface area contributed by atoms with Gasteiger partial charge in [0, 0.05) is 33.5 Å². The average Bonchev–Trinajstić information content (AvgIpc) is 3.43. The highest BCUT2D eigenvalue weighted by Crippen LogP contribution is 2.55. The highest BCUT2D eigenvalue weighted by Gasteiger charge is 2.57. The molecule has 196 valence electrons. The number of thiazole rings is 1. The van der Waals surface area contributed by atoms with Gasteiger partial charge in [-0.25, -0.2) is 4.90 Å². The van der Waals surface area contributed by atoms with Crippen LogP contribution in [0.1, 0.15) is 21.9 Å². The van der Waals surface area contributed by atoms with E-state index >= 15 is 0 Å². The van der Waals surface area contributed by atoms with Crippen molar-refractivity contribution in [3.8, 4) is 5.75 Å². The summed E-state index contributed by atoms with van der Waals surface area (Å²) in [5.74, 6) is -2.24. The van der Waals surface area contributed by atoms with Gasteiger partial charge in [-0.3, -0.25) is 24.5 Å². The maximum absolute atomic E-state index is 13.9. The third kappa shape index (κ3) is 4.52. The zero-order valence-corrected chi connectivity index (χ0v) is 22.3. The maximum Gasteiger partial charge on any atom is 0.305 e. The van der Waals surface area contributed by atoms with Crippen molar-refractivity contribution in [2.24, 2.45) is 5.92 Å². The van der Waals surface area contributed by atoms with Crippen molar-refractivity contribution in [2.45, 2.75) is 22.8 Å². The van der Waals surface area contributed by atoms with E-state index in [0.717, 1.165) is 33.6 Å². The van der Waals surface area contributed by atoms with Gasteiger partial charge in [0.15, 0.2) is 0 Å². The Morgan fingerprint density at radius 1 is 1.00 bits per heavy atom. The van der Waals surface area contributed by atoms with E-state index in [2.05, 4.69) is 4.98 Å². The number of imide groups is 1. The van der Waals surface area contributed by atoms with Crippen LogP contribution in [-0.2, 0) is 16.2 Å². The number of non-ortho nitro benzene ring substituents is 1. The molecule has 3 atom stereocenters. The molecule has 2 aliphatic rings. The van der Waals surface area contributed by atoms with Crippen LogP contribution in [0.2, 0.25) is 5.02 Å². The van der Waals surface area contributed by atoms with Crippen molar-refractivity contribution in [2.75, 3.05) is 4.90 Å². The van der Waals surface area contributed by atoms with E-state index < -0.39 is 33.8 Å². The van der Waals surface area contributed by atoms with E-state index in [9.17, 15) is 24.5 Å². The lowest BCUT2D eigenvalue weighted by molar-refractivity contribution is -0.385. The summed E-state index contributed by atoms with van der Waals surface area (Å²) < 4.78 is 6.13. The summed E-state index contributed by atoms with van der Waals surface area (Å²) in [5, 5.41) is 12.0. The second-order valence-corrected chi connectivity index (χ2v) is 11.6. The number of nitro groups is 1. The smallest absolute Gasteiger partial charge is 0.305 e. The molecule has 0 spiro atoms. The maximum atomic E-state index is 13.9. The number of nitrogens with one attached hydrogen (secondary N) is 1. The van der Waals surface area contributed by atoms with Crippen LogP contribution in [0, 0.1) is 16.0 Å². The highest BCUT2D eigenvalue weighted by molar-refractivity contribution is 8.00. The summed E-state index contributed by atoms with van der Waals surface area (Å²) in [6.07, 6.45) is 0. The number of hydrogen-bond acceptors (Lipinski definition) is 8. The average molecular weight is 580 g/mol. The molecule has 0 radical (unpaired) electrons. The SMILES string of the molecule is O=C1[C@H]2[C@H](c3cc([N+](=O)[O-])ccc3OCc3ccc(Cl)cc3)c3sc(=O)[nH]c3S[C@H]2C(=O)N1c1ccccc1. The first-order valence-corrected chi connectivity index (χ1v) is 13.9. The van der Waals surface area contributed by atoms with Gasteiger partial charge in [0.2, 0.25) is 11.8 Å². The molecule has 0 aliphatic carbocycles. The summed E-state index contributed by atoms with van der Waals surface area (Å²) in [7, 11) is 0. The normalized spacial score (nSPS) is 20.0. The number of amides is 2. The van der Waals surface area contributed by atoms with E-state index in [1.54, 1.807) is 54.6 Å². The fourth-order valence-corrected chi connectivity index (χ4v) is 7.58. The van der Waals surface area contributed by atoms with Gasteiger partial charge in [0.25, 0.3) is 5.69 Å². The van der Waals surface area contributed by atoms with Crippen LogP contribution in [0.3, 0.4) is 0 Å². The van der Waals surface area contributed by atoms with Crippen molar-refractivity contribution in [3.05, 3.63) is 114 Å². The van der Waals surface area contributed by atoms with E-state index in [1.165, 1.54) is 18.2 Å². The Hall–Kier alpha value is -3.93. The lowest BCUT2D eigenvalue weighted by Gasteiger charge is -2.30. The molecule has 1 saturated heterocycles. The number of nitro benzene ring substituents is 1. The first-order chi connectivity index (χ1) is 18.8. The van der Waals surface area contributed by atoms with Gasteiger partial charge in [-0.2, -0.15) is 0 Å². The standard InChI is InChI=1S/C27H18ClN3O6S2/c28-15-8-6-14(7-9-15)13-37-19-11-10-17(31(35)36)12-18(19)20-21-23(38-24-22(20)39-27(34)29-24)26(33)30(25(21)32)16-4-2-1-3-5-16/h1-12,20-21,23H,13H2,(H,29,34)/t20-,21-,23+/m0/s1. The van der Waals surface area contributed by atoms with Crippen molar-refractivity contribution in [1.82, 2.24) is 4.98 Å². The molecule has 2 aliphatic heterocycles. The summed E-state index contributed by atoms with van der Waals surface area (Å²) in [6.45, 7) is 0.136. The Morgan fingerprint density at radius 3 is 2.46 bits per heavy atom. The first-order valence-electron chi connectivity index (χ1n) is 11.8. The Labute approximate surface area is 234 Å². The van der Waals surface area contributed by atoms with E-state index in [4.69, 9.17) is 16.3 Å². The number of fused-ring (bicyclic) bond motifs is 2. The number of hydrogen-bond donors (Lipinski definition) is 1. The minimum atomic E-state index is -0.901. The van der Waals surface area contributed by atoms with Crippen LogP contribution >= 0.6 is 34.7 Å². The molecular weight excluding hydrogens is 562 g/mol. The highest BCUT2D eigenvalue weighted by atomic mass is 35.5. The number of H-pyrrole nitrogens is 1. The van der Waals surface area contributed by atoms with Gasteiger partial charge >= 0.3 is 4.87 Å². The number of thioether (sulfide) groups is 1. The van der Waals surface area contributed by atoms with Gasteiger partial charge < -0.3 is 9.72 Å². The van der Waals surface area contributed by atoms with Crippen LogP contribution in [0.5, 0.6) is 5.75 Å². The molecule has 0 bridgehead atoms. The molecule has 1 N–H and O–H groups in total. The first kappa shape index (κ1) is 25.4. The summed E-state index contributed by atoms with van der Waals surface area (Å²) in [6, 6.07) is 19.9. The monoisotopic (exact) mass is 579 g/mol. The number of rotatable bonds is 6. The topological polar surface area (TPSA) is 123 Å². The van der Waals surface area contributed by atoms with Gasteiger partial charge in [0.05, 0.1) is 21.6 Å². The van der Waals surface area contributed by atoms with Crippen molar-refractivity contribution in [3.63, 3.8) is 0 Å². The number of carbonyl (C=O) groups excluding carboxylic acids is 2. The van der Waals surface area contributed by atoms with Crippen LogP contribution in [-0.4, -0.2) is 27.0 Å². The zero-order chi connectivity index (χ0) is 27.3. The molecule has 6 rings (SSSR count). The molecular formula is C27H18ClN3O6S2. The third-order valence-corrected chi connectivity index (χ3v) is 9.34. The number of halogens is 1. The van der Waals surface area contributed by atoms with Crippen LogP contribution in [0.15, 0.2) is 82.6 Å². The number of carbonyl (C=O) groups is 2. The number of ether oxygens (including phenoxy) is 1. The fraction of sp³-hybridized carbons (Fsp3) is 0.148. The molecule has 3 heterocycles. The van der Waals surface area contributed by atoms with Gasteiger partial charge in [0.1, 0.15) is 17.6 Å². The third-order valence-electron chi connectivity index (χ3n) is 6.69.